The summed E-state index contributed by atoms with van der Waals surface area (Å²) in [5.74, 6) is 0.346. The molecule has 2 heterocycles. The Hall–Kier alpha value is -2.38. The van der Waals surface area contributed by atoms with E-state index < -0.39 is 4.92 Å². The van der Waals surface area contributed by atoms with Gasteiger partial charge in [-0.25, -0.2) is 0 Å². The molecule has 0 radical (unpaired) electrons. The first-order valence-electron chi connectivity index (χ1n) is 6.00. The fourth-order valence-electron chi connectivity index (χ4n) is 1.89. The molecule has 0 amide bonds. The van der Waals surface area contributed by atoms with Crippen LogP contribution in [-0.2, 0) is 6.54 Å². The lowest BCUT2D eigenvalue weighted by molar-refractivity contribution is -0.384. The summed E-state index contributed by atoms with van der Waals surface area (Å²) in [6, 6.07) is 2.02. The number of nitrogens with zero attached hydrogens (tertiary/aromatic N) is 4. The van der Waals surface area contributed by atoms with E-state index in [0.717, 1.165) is 24.4 Å². The van der Waals surface area contributed by atoms with Crippen molar-refractivity contribution in [2.75, 3.05) is 11.9 Å². The molecule has 8 nitrogen and oxygen atoms in total. The molecule has 8 heteroatoms. The second kappa shape index (κ2) is 5.51. The Labute approximate surface area is 110 Å². The molecule has 0 spiro atoms. The summed E-state index contributed by atoms with van der Waals surface area (Å²) in [5.41, 5.74) is 2.07. The molecule has 2 N–H and O–H groups in total. The number of anilines is 1. The third-order valence-electron chi connectivity index (χ3n) is 2.77. The summed E-state index contributed by atoms with van der Waals surface area (Å²) in [5, 5.41) is 24.2. The lowest BCUT2D eigenvalue weighted by Gasteiger charge is -2.05. The first-order valence-corrected chi connectivity index (χ1v) is 6.00. The Balaban J connectivity index is 1.82. The van der Waals surface area contributed by atoms with Gasteiger partial charge in [0.1, 0.15) is 6.20 Å². The van der Waals surface area contributed by atoms with E-state index in [2.05, 4.69) is 20.6 Å². The van der Waals surface area contributed by atoms with Crippen molar-refractivity contribution >= 4 is 11.5 Å². The Morgan fingerprint density at radius 3 is 2.95 bits per heavy atom. The maximum Gasteiger partial charge on any atom is 0.330 e. The van der Waals surface area contributed by atoms with Crippen molar-refractivity contribution in [1.82, 2.24) is 20.0 Å². The lowest BCUT2D eigenvalue weighted by Crippen LogP contribution is -2.09. The zero-order valence-electron chi connectivity index (χ0n) is 10.9. The van der Waals surface area contributed by atoms with Gasteiger partial charge in [0.25, 0.3) is 0 Å². The van der Waals surface area contributed by atoms with Crippen LogP contribution in [-0.4, -0.2) is 31.4 Å². The van der Waals surface area contributed by atoms with Gasteiger partial charge in [-0.1, -0.05) is 0 Å². The predicted octanol–water partition coefficient (Wildman–Crippen LogP) is 1.63. The van der Waals surface area contributed by atoms with Crippen molar-refractivity contribution in [2.45, 2.75) is 26.8 Å². The summed E-state index contributed by atoms with van der Waals surface area (Å²) in [7, 11) is 0. The third kappa shape index (κ3) is 3.09. The van der Waals surface area contributed by atoms with Crippen LogP contribution in [0.3, 0.4) is 0 Å². The average Bonchev–Trinajstić information content (AvgIpc) is 2.91. The molecule has 0 unspecified atom stereocenters. The molecule has 102 valence electrons. The van der Waals surface area contributed by atoms with Crippen LogP contribution in [0.4, 0.5) is 11.5 Å². The van der Waals surface area contributed by atoms with E-state index in [1.807, 2.05) is 24.6 Å². The highest BCUT2D eigenvalue weighted by Gasteiger charge is 2.15. The molecule has 0 saturated carbocycles. The number of nitrogens with one attached hydrogen (secondary N) is 2. The highest BCUT2D eigenvalue weighted by Crippen LogP contribution is 2.19. The monoisotopic (exact) mass is 264 g/mol. The first kappa shape index (κ1) is 13.1. The van der Waals surface area contributed by atoms with Crippen molar-refractivity contribution in [1.29, 1.82) is 0 Å². The normalized spacial score (nSPS) is 10.6. The van der Waals surface area contributed by atoms with Gasteiger partial charge < -0.3 is 5.32 Å². The molecular formula is C11H16N6O2. The SMILES string of the molecule is Cc1cc(C)n(CCCNc2[nH]ncc2[N+](=O)[O-])n1. The van der Waals surface area contributed by atoms with Gasteiger partial charge in [-0.3, -0.25) is 19.9 Å². The largest absolute Gasteiger partial charge is 0.365 e. The third-order valence-corrected chi connectivity index (χ3v) is 2.77. The highest BCUT2D eigenvalue weighted by molar-refractivity contribution is 5.53. The van der Waals surface area contributed by atoms with Gasteiger partial charge in [-0.05, 0) is 26.3 Å². The van der Waals surface area contributed by atoms with Crippen LogP contribution >= 0.6 is 0 Å². The smallest absolute Gasteiger partial charge is 0.330 e. The fraction of sp³-hybridized carbons (Fsp3) is 0.455. The molecule has 2 aromatic rings. The zero-order chi connectivity index (χ0) is 13.8. The van der Waals surface area contributed by atoms with Gasteiger partial charge in [0.2, 0.25) is 5.82 Å². The van der Waals surface area contributed by atoms with Gasteiger partial charge in [-0.2, -0.15) is 10.2 Å². The van der Waals surface area contributed by atoms with Crippen molar-refractivity contribution in [2.24, 2.45) is 0 Å². The molecule has 0 fully saturated rings. The van der Waals surface area contributed by atoms with E-state index in [0.29, 0.717) is 12.4 Å². The molecule has 19 heavy (non-hydrogen) atoms. The van der Waals surface area contributed by atoms with E-state index in [1.165, 1.54) is 6.20 Å². The van der Waals surface area contributed by atoms with Gasteiger partial charge in [0.05, 0.1) is 10.6 Å². The van der Waals surface area contributed by atoms with Crippen LogP contribution in [0.15, 0.2) is 12.3 Å². The molecule has 2 aromatic heterocycles. The number of hydrogen-bond donors (Lipinski definition) is 2. The number of nitro groups is 1. The Kier molecular flexibility index (Phi) is 3.79. The molecule has 2 rings (SSSR count). The fourth-order valence-corrected chi connectivity index (χ4v) is 1.89. The lowest BCUT2D eigenvalue weighted by atomic mass is 10.4. The Bertz CT molecular complexity index is 574. The number of hydrogen-bond acceptors (Lipinski definition) is 5. The number of aryl methyl sites for hydroxylation is 3. The van der Waals surface area contributed by atoms with Gasteiger partial charge in [0.15, 0.2) is 0 Å². The first-order chi connectivity index (χ1) is 9.08. The molecule has 0 aliphatic carbocycles. The molecule has 0 aromatic carbocycles. The van der Waals surface area contributed by atoms with E-state index >= 15 is 0 Å². The van der Waals surface area contributed by atoms with E-state index in [1.54, 1.807) is 0 Å². The topological polar surface area (TPSA) is 102 Å². The van der Waals surface area contributed by atoms with Crippen LogP contribution in [0.2, 0.25) is 0 Å². The van der Waals surface area contributed by atoms with Crippen LogP contribution in [0.25, 0.3) is 0 Å². The molecule has 0 bridgehead atoms. The van der Waals surface area contributed by atoms with Crippen LogP contribution in [0.5, 0.6) is 0 Å². The Morgan fingerprint density at radius 1 is 1.53 bits per heavy atom. The summed E-state index contributed by atoms with van der Waals surface area (Å²) >= 11 is 0. The van der Waals surface area contributed by atoms with Crippen molar-refractivity contribution in [3.05, 3.63) is 33.8 Å². The van der Waals surface area contributed by atoms with Crippen LogP contribution in [0.1, 0.15) is 17.8 Å². The second-order valence-corrected chi connectivity index (χ2v) is 4.32. The van der Waals surface area contributed by atoms with Crippen molar-refractivity contribution < 1.29 is 4.92 Å². The number of aromatic nitrogens is 4. The maximum absolute atomic E-state index is 10.7. The van der Waals surface area contributed by atoms with E-state index in [-0.39, 0.29) is 5.69 Å². The Morgan fingerprint density at radius 2 is 2.32 bits per heavy atom. The standard InChI is InChI=1S/C11H16N6O2/c1-8-6-9(2)16(15-8)5-3-4-12-11-10(17(18)19)7-13-14-11/h6-7H,3-5H2,1-2H3,(H2,12,13,14). The quantitative estimate of drug-likeness (QED) is 0.469. The van der Waals surface area contributed by atoms with Gasteiger partial charge in [0, 0.05) is 18.8 Å². The van der Waals surface area contributed by atoms with Crippen molar-refractivity contribution in [3.8, 4) is 0 Å². The van der Waals surface area contributed by atoms with Crippen molar-refractivity contribution in [3.63, 3.8) is 0 Å². The minimum Gasteiger partial charge on any atom is -0.365 e. The number of H-pyrrole nitrogens is 1. The maximum atomic E-state index is 10.7. The van der Waals surface area contributed by atoms with Gasteiger partial charge in [-0.15, -0.1) is 0 Å². The molecule has 0 aliphatic heterocycles. The minimum atomic E-state index is -0.465. The predicted molar refractivity (Wildman–Crippen MR) is 70.0 cm³/mol. The van der Waals surface area contributed by atoms with Crippen LogP contribution < -0.4 is 5.32 Å². The highest BCUT2D eigenvalue weighted by atomic mass is 16.6. The zero-order valence-corrected chi connectivity index (χ0v) is 10.9. The van der Waals surface area contributed by atoms with Crippen LogP contribution in [0, 0.1) is 24.0 Å². The number of aromatic amines is 1. The minimum absolute atomic E-state index is 0.0360. The second-order valence-electron chi connectivity index (χ2n) is 4.32. The summed E-state index contributed by atoms with van der Waals surface area (Å²) < 4.78 is 1.93. The molecule has 0 atom stereocenters. The summed E-state index contributed by atoms with van der Waals surface area (Å²) in [6.07, 6.45) is 2.02. The van der Waals surface area contributed by atoms with E-state index in [9.17, 15) is 10.1 Å². The van der Waals surface area contributed by atoms with Gasteiger partial charge >= 0.3 is 5.69 Å². The molecule has 0 saturated heterocycles. The number of rotatable bonds is 6. The molecule has 0 aliphatic rings. The average molecular weight is 264 g/mol. The molecular weight excluding hydrogens is 248 g/mol. The summed E-state index contributed by atoms with van der Waals surface area (Å²) in [6.45, 7) is 5.35. The summed E-state index contributed by atoms with van der Waals surface area (Å²) in [4.78, 5) is 10.2. The van der Waals surface area contributed by atoms with E-state index in [4.69, 9.17) is 0 Å².